The Morgan fingerprint density at radius 1 is 0.974 bits per heavy atom. The summed E-state index contributed by atoms with van der Waals surface area (Å²) >= 11 is 3.58. The lowest BCUT2D eigenvalue weighted by Gasteiger charge is -2.13. The van der Waals surface area contributed by atoms with Crippen molar-refractivity contribution in [3.05, 3.63) is 124 Å². The summed E-state index contributed by atoms with van der Waals surface area (Å²) < 4.78 is 12.3. The van der Waals surface area contributed by atoms with Gasteiger partial charge in [-0.3, -0.25) is 4.79 Å². The number of hydrazone groups is 1. The Morgan fingerprint density at radius 2 is 1.72 bits per heavy atom. The average Bonchev–Trinajstić information content (AvgIpc) is 2.97. The van der Waals surface area contributed by atoms with E-state index in [1.54, 1.807) is 25.5 Å². The Bertz CT molecular complexity index is 1650. The fraction of sp³-hybridized carbons (Fsp3) is 0.0938. The quantitative estimate of drug-likeness (QED) is 0.154. The van der Waals surface area contributed by atoms with Gasteiger partial charge in [0.2, 0.25) is 0 Å². The highest BCUT2D eigenvalue weighted by Gasteiger charge is 2.14. The van der Waals surface area contributed by atoms with Crippen LogP contribution in [0.3, 0.4) is 0 Å². The number of nitrogens with zero attached hydrogens (tertiary/aromatic N) is 2. The standard InChI is InChI=1S/C32H26BrN3O3/c1-21-12-14-22(15-13-21)20-39-31-27(33)16-23(17-30(31)38-2)19-34-36-32(37)26-18-29(24-8-4-3-5-9-24)35-28-11-7-6-10-25(26)28/h3-19H,20H2,1-2H3,(H,36,37)/b34-19+. The third-order valence-corrected chi connectivity index (χ3v) is 6.75. The Morgan fingerprint density at radius 3 is 2.49 bits per heavy atom. The highest BCUT2D eigenvalue weighted by atomic mass is 79.9. The topological polar surface area (TPSA) is 72.8 Å². The summed E-state index contributed by atoms with van der Waals surface area (Å²) in [6.07, 6.45) is 1.57. The van der Waals surface area contributed by atoms with Crippen LogP contribution in [0.2, 0.25) is 0 Å². The van der Waals surface area contributed by atoms with Crippen molar-refractivity contribution in [1.82, 2.24) is 10.4 Å². The largest absolute Gasteiger partial charge is 0.493 e. The maximum Gasteiger partial charge on any atom is 0.272 e. The molecule has 0 radical (unpaired) electrons. The lowest BCUT2D eigenvalue weighted by molar-refractivity contribution is 0.0956. The van der Waals surface area contributed by atoms with Gasteiger partial charge < -0.3 is 9.47 Å². The van der Waals surface area contributed by atoms with Gasteiger partial charge in [0, 0.05) is 10.9 Å². The van der Waals surface area contributed by atoms with Crippen molar-refractivity contribution in [3.8, 4) is 22.8 Å². The van der Waals surface area contributed by atoms with Crippen LogP contribution in [0.1, 0.15) is 27.0 Å². The number of ether oxygens (including phenoxy) is 2. The minimum absolute atomic E-state index is 0.328. The maximum absolute atomic E-state index is 13.2. The molecule has 194 valence electrons. The number of amides is 1. The number of rotatable bonds is 8. The highest BCUT2D eigenvalue weighted by molar-refractivity contribution is 9.10. The van der Waals surface area contributed by atoms with Crippen LogP contribution in [0.5, 0.6) is 11.5 Å². The molecule has 0 saturated carbocycles. The normalized spacial score (nSPS) is 11.1. The third-order valence-electron chi connectivity index (χ3n) is 6.17. The number of carbonyl (C=O) groups excluding carboxylic acids is 1. The second kappa shape index (κ2) is 11.9. The van der Waals surface area contributed by atoms with Gasteiger partial charge >= 0.3 is 0 Å². The predicted molar refractivity (Wildman–Crippen MR) is 158 cm³/mol. The van der Waals surface area contributed by atoms with E-state index in [-0.39, 0.29) is 5.91 Å². The number of nitrogens with one attached hydrogen (secondary N) is 1. The van der Waals surface area contributed by atoms with Crippen molar-refractivity contribution in [3.63, 3.8) is 0 Å². The molecule has 1 N–H and O–H groups in total. The Labute approximate surface area is 235 Å². The summed E-state index contributed by atoms with van der Waals surface area (Å²) in [5.41, 5.74) is 8.53. The molecule has 7 heteroatoms. The molecule has 0 atom stereocenters. The zero-order chi connectivity index (χ0) is 27.2. The molecule has 0 spiro atoms. The first-order chi connectivity index (χ1) is 19.0. The number of pyridine rings is 1. The fourth-order valence-electron chi connectivity index (χ4n) is 4.14. The first-order valence-corrected chi connectivity index (χ1v) is 13.2. The summed E-state index contributed by atoms with van der Waals surface area (Å²) in [6.45, 7) is 2.46. The first-order valence-electron chi connectivity index (χ1n) is 12.4. The molecule has 4 aromatic carbocycles. The summed E-state index contributed by atoms with van der Waals surface area (Å²) in [4.78, 5) is 18.0. The maximum atomic E-state index is 13.2. The van der Waals surface area contributed by atoms with Crippen molar-refractivity contribution in [2.75, 3.05) is 7.11 Å². The number of fused-ring (bicyclic) bond motifs is 1. The second-order valence-electron chi connectivity index (χ2n) is 8.95. The Hall–Kier alpha value is -4.49. The summed E-state index contributed by atoms with van der Waals surface area (Å²) in [5.74, 6) is 0.818. The van der Waals surface area contributed by atoms with E-state index in [4.69, 9.17) is 14.5 Å². The van der Waals surface area contributed by atoms with Crippen molar-refractivity contribution in [1.29, 1.82) is 0 Å². The molecule has 1 amide bonds. The van der Waals surface area contributed by atoms with E-state index in [0.717, 1.165) is 37.8 Å². The predicted octanol–water partition coefficient (Wildman–Crippen LogP) is 7.32. The molecular formula is C32H26BrN3O3. The third kappa shape index (κ3) is 6.16. The van der Waals surface area contributed by atoms with E-state index >= 15 is 0 Å². The van der Waals surface area contributed by atoms with Gasteiger partial charge in [-0.1, -0.05) is 78.4 Å². The average molecular weight is 580 g/mol. The van der Waals surface area contributed by atoms with E-state index in [9.17, 15) is 4.79 Å². The van der Waals surface area contributed by atoms with Gasteiger partial charge in [0.15, 0.2) is 11.5 Å². The number of hydrogen-bond donors (Lipinski definition) is 1. The molecule has 6 nitrogen and oxygen atoms in total. The lowest BCUT2D eigenvalue weighted by Crippen LogP contribution is -2.18. The highest BCUT2D eigenvalue weighted by Crippen LogP contribution is 2.37. The van der Waals surface area contributed by atoms with Crippen LogP contribution in [0.25, 0.3) is 22.2 Å². The van der Waals surface area contributed by atoms with Gasteiger partial charge in [-0.25, -0.2) is 10.4 Å². The number of aromatic nitrogens is 1. The number of hydrogen-bond acceptors (Lipinski definition) is 5. The first kappa shape index (κ1) is 26.1. The second-order valence-corrected chi connectivity index (χ2v) is 9.80. The van der Waals surface area contributed by atoms with Crippen LogP contribution >= 0.6 is 15.9 Å². The van der Waals surface area contributed by atoms with Crippen LogP contribution in [0.15, 0.2) is 107 Å². The molecule has 0 aliphatic rings. The minimum atomic E-state index is -0.328. The molecule has 0 aliphatic heterocycles. The van der Waals surface area contributed by atoms with Gasteiger partial charge in [0.1, 0.15) is 6.61 Å². The van der Waals surface area contributed by atoms with Crippen LogP contribution in [-0.2, 0) is 6.61 Å². The van der Waals surface area contributed by atoms with Crippen LogP contribution < -0.4 is 14.9 Å². The minimum Gasteiger partial charge on any atom is -0.493 e. The van der Waals surface area contributed by atoms with Gasteiger partial charge in [-0.2, -0.15) is 5.10 Å². The molecule has 1 heterocycles. The number of halogens is 1. The van der Waals surface area contributed by atoms with Crippen LogP contribution in [0, 0.1) is 6.92 Å². The van der Waals surface area contributed by atoms with E-state index in [1.165, 1.54) is 5.56 Å². The molecule has 0 bridgehead atoms. The van der Waals surface area contributed by atoms with Crippen LogP contribution in [-0.4, -0.2) is 24.2 Å². The number of methoxy groups -OCH3 is 1. The zero-order valence-corrected chi connectivity index (χ0v) is 23.1. The molecular weight excluding hydrogens is 554 g/mol. The molecule has 0 fully saturated rings. The lowest BCUT2D eigenvalue weighted by atomic mass is 10.0. The van der Waals surface area contributed by atoms with Crippen molar-refractivity contribution in [2.45, 2.75) is 13.5 Å². The molecule has 0 unspecified atom stereocenters. The monoisotopic (exact) mass is 579 g/mol. The molecule has 0 aliphatic carbocycles. The van der Waals surface area contributed by atoms with Gasteiger partial charge in [-0.15, -0.1) is 0 Å². The molecule has 39 heavy (non-hydrogen) atoms. The molecule has 1 aromatic heterocycles. The van der Waals surface area contributed by atoms with E-state index in [2.05, 4.69) is 38.6 Å². The Kier molecular flexibility index (Phi) is 7.99. The van der Waals surface area contributed by atoms with Crippen molar-refractivity contribution < 1.29 is 14.3 Å². The van der Waals surface area contributed by atoms with Gasteiger partial charge in [0.25, 0.3) is 5.91 Å². The summed E-state index contributed by atoms with van der Waals surface area (Å²) in [7, 11) is 1.59. The molecule has 5 aromatic rings. The zero-order valence-electron chi connectivity index (χ0n) is 21.5. The SMILES string of the molecule is COc1cc(/C=N/NC(=O)c2cc(-c3ccccc3)nc3ccccc23)cc(Br)c1OCc1ccc(C)cc1. The fourth-order valence-corrected chi connectivity index (χ4v) is 4.71. The number of aryl methyl sites for hydroxylation is 1. The van der Waals surface area contributed by atoms with E-state index < -0.39 is 0 Å². The van der Waals surface area contributed by atoms with E-state index in [1.807, 2.05) is 79.7 Å². The number of carbonyl (C=O) groups is 1. The van der Waals surface area contributed by atoms with Gasteiger partial charge in [0.05, 0.1) is 34.6 Å². The summed E-state index contributed by atoms with van der Waals surface area (Å²) in [6, 6.07) is 31.0. The Balaban J connectivity index is 1.34. The van der Waals surface area contributed by atoms with Crippen LogP contribution in [0.4, 0.5) is 0 Å². The van der Waals surface area contributed by atoms with Crippen molar-refractivity contribution in [2.24, 2.45) is 5.10 Å². The smallest absolute Gasteiger partial charge is 0.272 e. The van der Waals surface area contributed by atoms with E-state index in [0.29, 0.717) is 23.7 Å². The molecule has 0 saturated heterocycles. The van der Waals surface area contributed by atoms with Gasteiger partial charge in [-0.05, 0) is 58.2 Å². The number of benzene rings is 4. The molecule has 5 rings (SSSR count). The summed E-state index contributed by atoms with van der Waals surface area (Å²) in [5, 5.41) is 4.97. The number of para-hydroxylation sites is 1. The van der Waals surface area contributed by atoms with Crippen molar-refractivity contribution >= 4 is 39.0 Å².